The summed E-state index contributed by atoms with van der Waals surface area (Å²) in [4.78, 5) is 4.93. The second-order valence-electron chi connectivity index (χ2n) is 7.11. The molecule has 2 aromatic carbocycles. The third-order valence-corrected chi connectivity index (χ3v) is 5.55. The Morgan fingerprint density at radius 2 is 1.62 bits per heavy atom. The molecule has 126 valence electrons. The van der Waals surface area contributed by atoms with Crippen LogP contribution in [0.2, 0.25) is 0 Å². The average molecular weight is 322 g/mol. The summed E-state index contributed by atoms with van der Waals surface area (Å²) < 4.78 is 0. The highest BCUT2D eigenvalue weighted by Gasteiger charge is 2.34. The lowest BCUT2D eigenvalue weighted by atomic mass is 9.84. The number of aliphatic hydroxyl groups excluding tert-OH is 1. The summed E-state index contributed by atoms with van der Waals surface area (Å²) in [6.07, 6.45) is 1.63. The van der Waals surface area contributed by atoms with Crippen LogP contribution < -0.4 is 4.90 Å². The molecule has 1 saturated heterocycles. The van der Waals surface area contributed by atoms with E-state index in [4.69, 9.17) is 0 Å². The van der Waals surface area contributed by atoms with Crippen LogP contribution in [-0.2, 0) is 6.42 Å². The van der Waals surface area contributed by atoms with E-state index in [1.807, 2.05) is 0 Å². The van der Waals surface area contributed by atoms with Gasteiger partial charge in [-0.15, -0.1) is 0 Å². The van der Waals surface area contributed by atoms with Gasteiger partial charge in [-0.2, -0.15) is 0 Å². The zero-order valence-electron chi connectivity index (χ0n) is 14.4. The van der Waals surface area contributed by atoms with Gasteiger partial charge < -0.3 is 10.0 Å². The van der Waals surface area contributed by atoms with E-state index in [-0.39, 0.29) is 12.1 Å². The Kier molecular flexibility index (Phi) is 4.30. The molecule has 0 radical (unpaired) electrons. The first kappa shape index (κ1) is 15.7. The van der Waals surface area contributed by atoms with Crippen LogP contribution in [0.15, 0.2) is 48.5 Å². The van der Waals surface area contributed by atoms with E-state index >= 15 is 0 Å². The van der Waals surface area contributed by atoms with Crippen molar-refractivity contribution in [3.63, 3.8) is 0 Å². The Labute approximate surface area is 144 Å². The zero-order valence-corrected chi connectivity index (χ0v) is 14.4. The van der Waals surface area contributed by atoms with E-state index in [0.717, 1.165) is 39.0 Å². The minimum Gasteiger partial charge on any atom is -0.391 e. The number of piperazine rings is 1. The van der Waals surface area contributed by atoms with Gasteiger partial charge in [0.25, 0.3) is 0 Å². The maximum absolute atomic E-state index is 10.6. The minimum atomic E-state index is -0.245. The van der Waals surface area contributed by atoms with Gasteiger partial charge in [0.1, 0.15) is 0 Å². The summed E-state index contributed by atoms with van der Waals surface area (Å²) >= 11 is 0. The molecule has 2 unspecified atom stereocenters. The van der Waals surface area contributed by atoms with Crippen LogP contribution >= 0.6 is 0 Å². The largest absolute Gasteiger partial charge is 0.391 e. The van der Waals surface area contributed by atoms with Crippen LogP contribution in [0.3, 0.4) is 0 Å². The third-order valence-electron chi connectivity index (χ3n) is 5.55. The predicted molar refractivity (Wildman–Crippen MR) is 98.5 cm³/mol. The van der Waals surface area contributed by atoms with Gasteiger partial charge in [0, 0.05) is 31.9 Å². The average Bonchev–Trinajstić information content (AvgIpc) is 2.63. The van der Waals surface area contributed by atoms with Crippen molar-refractivity contribution in [2.45, 2.75) is 31.9 Å². The topological polar surface area (TPSA) is 26.7 Å². The van der Waals surface area contributed by atoms with Crippen LogP contribution in [0.25, 0.3) is 0 Å². The summed E-state index contributed by atoms with van der Waals surface area (Å²) in [6.45, 7) is 6.18. The quantitative estimate of drug-likeness (QED) is 0.920. The van der Waals surface area contributed by atoms with Crippen molar-refractivity contribution in [1.29, 1.82) is 0 Å². The Balaban J connectivity index is 1.49. The van der Waals surface area contributed by atoms with E-state index in [1.165, 1.54) is 22.4 Å². The number of hydrogen-bond acceptors (Lipinski definition) is 3. The van der Waals surface area contributed by atoms with Crippen molar-refractivity contribution in [3.05, 3.63) is 65.2 Å². The molecule has 2 atom stereocenters. The highest BCUT2D eigenvalue weighted by Crippen LogP contribution is 2.35. The molecule has 0 amide bonds. The van der Waals surface area contributed by atoms with Crippen LogP contribution in [0.4, 0.5) is 5.69 Å². The first-order valence-electron chi connectivity index (χ1n) is 9.04. The fraction of sp³-hybridized carbons (Fsp3) is 0.429. The van der Waals surface area contributed by atoms with Gasteiger partial charge in [-0.3, -0.25) is 4.90 Å². The Hall–Kier alpha value is -1.84. The smallest absolute Gasteiger partial charge is 0.0740 e. The second-order valence-corrected chi connectivity index (χ2v) is 7.11. The van der Waals surface area contributed by atoms with Crippen molar-refractivity contribution >= 4 is 5.69 Å². The highest BCUT2D eigenvalue weighted by atomic mass is 16.3. The van der Waals surface area contributed by atoms with E-state index < -0.39 is 0 Å². The van der Waals surface area contributed by atoms with E-state index in [1.54, 1.807) is 0 Å². The van der Waals surface area contributed by atoms with Crippen molar-refractivity contribution in [2.24, 2.45) is 0 Å². The fourth-order valence-electron chi connectivity index (χ4n) is 4.17. The molecule has 0 bridgehead atoms. The maximum atomic E-state index is 10.6. The van der Waals surface area contributed by atoms with Gasteiger partial charge in [0.05, 0.1) is 12.1 Å². The molecule has 1 fully saturated rings. The lowest BCUT2D eigenvalue weighted by Gasteiger charge is -2.44. The summed E-state index contributed by atoms with van der Waals surface area (Å²) in [7, 11) is 0. The molecule has 1 aliphatic carbocycles. The summed E-state index contributed by atoms with van der Waals surface area (Å²) in [6, 6.07) is 17.6. The monoisotopic (exact) mass is 322 g/mol. The van der Waals surface area contributed by atoms with Crippen molar-refractivity contribution in [3.8, 4) is 0 Å². The summed E-state index contributed by atoms with van der Waals surface area (Å²) in [5.41, 5.74) is 5.36. The molecule has 0 spiro atoms. The number of aryl methyl sites for hydroxylation is 2. The van der Waals surface area contributed by atoms with Gasteiger partial charge in [-0.25, -0.2) is 0 Å². The van der Waals surface area contributed by atoms with Crippen molar-refractivity contribution in [2.75, 3.05) is 31.1 Å². The molecule has 2 aromatic rings. The Bertz CT molecular complexity index is 689. The van der Waals surface area contributed by atoms with E-state index in [9.17, 15) is 5.11 Å². The molecule has 1 aliphatic heterocycles. The number of aliphatic hydroxyl groups is 1. The SMILES string of the molecule is Cc1ccc(N2CCN(C3c4ccccc4CCC3O)CC2)cc1. The van der Waals surface area contributed by atoms with Gasteiger partial charge in [0.15, 0.2) is 0 Å². The van der Waals surface area contributed by atoms with Crippen molar-refractivity contribution < 1.29 is 5.11 Å². The first-order chi connectivity index (χ1) is 11.7. The molecule has 1 N–H and O–H groups in total. The molecule has 4 rings (SSSR count). The van der Waals surface area contributed by atoms with Crippen LogP contribution in [0, 0.1) is 6.92 Å². The Morgan fingerprint density at radius 3 is 2.38 bits per heavy atom. The van der Waals surface area contributed by atoms with E-state index in [2.05, 4.69) is 65.3 Å². The third kappa shape index (κ3) is 2.94. The van der Waals surface area contributed by atoms with Crippen LogP contribution in [-0.4, -0.2) is 42.3 Å². The van der Waals surface area contributed by atoms with Gasteiger partial charge in [-0.05, 0) is 43.0 Å². The molecule has 2 aliphatic rings. The normalized spacial score (nSPS) is 24.7. The lowest BCUT2D eigenvalue weighted by molar-refractivity contribution is 0.0325. The lowest BCUT2D eigenvalue weighted by Crippen LogP contribution is -2.51. The van der Waals surface area contributed by atoms with Crippen molar-refractivity contribution in [1.82, 2.24) is 4.90 Å². The molecule has 3 nitrogen and oxygen atoms in total. The molecule has 0 saturated carbocycles. The number of nitrogens with zero attached hydrogens (tertiary/aromatic N) is 2. The highest BCUT2D eigenvalue weighted by molar-refractivity contribution is 5.48. The first-order valence-corrected chi connectivity index (χ1v) is 9.04. The molecular weight excluding hydrogens is 296 g/mol. The molecular formula is C21H26N2O. The standard InChI is InChI=1S/C21H26N2O/c1-16-6-9-18(10-7-16)22-12-14-23(15-13-22)21-19-5-3-2-4-17(19)8-11-20(21)24/h2-7,9-10,20-21,24H,8,11-15H2,1H3. The Morgan fingerprint density at radius 1 is 0.917 bits per heavy atom. The van der Waals surface area contributed by atoms with Crippen LogP contribution in [0.1, 0.15) is 29.2 Å². The van der Waals surface area contributed by atoms with E-state index in [0.29, 0.717) is 0 Å². The van der Waals surface area contributed by atoms with Gasteiger partial charge in [-0.1, -0.05) is 42.0 Å². The number of benzene rings is 2. The molecule has 1 heterocycles. The molecule has 24 heavy (non-hydrogen) atoms. The number of hydrogen-bond donors (Lipinski definition) is 1. The second kappa shape index (κ2) is 6.58. The number of fused-ring (bicyclic) bond motifs is 1. The number of rotatable bonds is 2. The zero-order chi connectivity index (χ0) is 16.5. The molecule has 3 heteroatoms. The fourth-order valence-corrected chi connectivity index (χ4v) is 4.17. The maximum Gasteiger partial charge on any atom is 0.0740 e. The molecule has 0 aromatic heterocycles. The summed E-state index contributed by atoms with van der Waals surface area (Å²) in [5.74, 6) is 0. The van der Waals surface area contributed by atoms with Gasteiger partial charge >= 0.3 is 0 Å². The van der Waals surface area contributed by atoms with Crippen LogP contribution in [0.5, 0.6) is 0 Å². The van der Waals surface area contributed by atoms with Gasteiger partial charge in [0.2, 0.25) is 0 Å². The predicted octanol–water partition coefficient (Wildman–Crippen LogP) is 3.17. The minimum absolute atomic E-state index is 0.162. The number of anilines is 1. The summed E-state index contributed by atoms with van der Waals surface area (Å²) in [5, 5.41) is 10.6.